The van der Waals surface area contributed by atoms with E-state index in [1.807, 2.05) is 0 Å². The molecule has 0 spiro atoms. The molecule has 0 nitrogen and oxygen atoms in total. The zero-order valence-corrected chi connectivity index (χ0v) is 12.8. The second-order valence-electron chi connectivity index (χ2n) is 4.66. The van der Waals surface area contributed by atoms with Crippen molar-refractivity contribution in [3.05, 3.63) is 0 Å². The van der Waals surface area contributed by atoms with Gasteiger partial charge in [-0.15, -0.1) is 0 Å². The van der Waals surface area contributed by atoms with E-state index in [4.69, 9.17) is 0 Å². The van der Waals surface area contributed by atoms with Crippen LogP contribution in [0.15, 0.2) is 0 Å². The number of halogens is 4. The number of hydrogen-bond donors (Lipinski definition) is 0. The normalized spacial score (nSPS) is 13.9. The maximum Gasteiger partial charge on any atom is 0.389 e. The number of hydrogen-bond acceptors (Lipinski definition) is 0. The molecule has 0 aromatic carbocycles. The van der Waals surface area contributed by atoms with E-state index in [9.17, 15) is 13.2 Å². The minimum Gasteiger partial charge on any atom is -0.171 e. The fraction of sp³-hybridized carbons (Fsp3) is 1.00. The molecule has 0 saturated heterocycles. The Morgan fingerprint density at radius 1 is 0.882 bits per heavy atom. The molecule has 0 aromatic rings. The Morgan fingerprint density at radius 3 is 1.88 bits per heavy atom. The fourth-order valence-corrected chi connectivity index (χ4v) is 2.69. The highest BCUT2D eigenvalue weighted by molar-refractivity contribution is 14.1. The minimum absolute atomic E-state index is 0.294. The molecule has 0 saturated carbocycles. The van der Waals surface area contributed by atoms with E-state index in [-0.39, 0.29) is 0 Å². The molecule has 0 aromatic heterocycles. The summed E-state index contributed by atoms with van der Waals surface area (Å²) >= 11 is 2.44. The Hall–Kier alpha value is 0.520. The van der Waals surface area contributed by atoms with Crippen molar-refractivity contribution in [1.29, 1.82) is 0 Å². The van der Waals surface area contributed by atoms with Crippen molar-refractivity contribution in [2.24, 2.45) is 0 Å². The lowest BCUT2D eigenvalue weighted by molar-refractivity contribution is -0.135. The molecule has 104 valence electrons. The molecule has 0 heterocycles. The highest BCUT2D eigenvalue weighted by Gasteiger charge is 2.25. The topological polar surface area (TPSA) is 0 Å². The van der Waals surface area contributed by atoms with Crippen molar-refractivity contribution < 1.29 is 13.2 Å². The Morgan fingerprint density at radius 2 is 1.41 bits per heavy atom. The standard InChI is InChI=1S/C13H24F3I/c1-2-3-4-6-9-12(17)10-7-5-8-11-13(14,15)16/h12H,2-11H2,1H3. The van der Waals surface area contributed by atoms with Crippen molar-refractivity contribution in [3.63, 3.8) is 0 Å². The van der Waals surface area contributed by atoms with Crippen LogP contribution in [0.3, 0.4) is 0 Å². The van der Waals surface area contributed by atoms with Gasteiger partial charge in [-0.1, -0.05) is 68.0 Å². The van der Waals surface area contributed by atoms with Gasteiger partial charge >= 0.3 is 6.18 Å². The van der Waals surface area contributed by atoms with Crippen LogP contribution in [-0.2, 0) is 0 Å². The summed E-state index contributed by atoms with van der Waals surface area (Å²) in [4.78, 5) is 0. The second-order valence-corrected chi connectivity index (χ2v) is 6.42. The van der Waals surface area contributed by atoms with Crippen molar-refractivity contribution in [2.75, 3.05) is 0 Å². The Balaban J connectivity index is 3.24. The average Bonchev–Trinajstić information content (AvgIpc) is 2.22. The first kappa shape index (κ1) is 17.5. The highest BCUT2D eigenvalue weighted by Crippen LogP contribution is 2.24. The molecule has 1 unspecified atom stereocenters. The molecule has 0 radical (unpaired) electrons. The van der Waals surface area contributed by atoms with Gasteiger partial charge in [0.2, 0.25) is 0 Å². The van der Waals surface area contributed by atoms with E-state index < -0.39 is 12.6 Å². The van der Waals surface area contributed by atoms with Crippen LogP contribution in [0.2, 0.25) is 0 Å². The van der Waals surface area contributed by atoms with Gasteiger partial charge in [0.1, 0.15) is 0 Å². The molecule has 0 amide bonds. The van der Waals surface area contributed by atoms with Crippen LogP contribution in [0.5, 0.6) is 0 Å². The van der Waals surface area contributed by atoms with Crippen LogP contribution < -0.4 is 0 Å². The Kier molecular flexibility index (Phi) is 10.8. The third-order valence-corrected chi connectivity index (χ3v) is 4.09. The van der Waals surface area contributed by atoms with Gasteiger partial charge in [0.05, 0.1) is 0 Å². The summed E-state index contributed by atoms with van der Waals surface area (Å²) in [5, 5.41) is 0. The first-order valence-corrected chi connectivity index (χ1v) is 7.91. The van der Waals surface area contributed by atoms with Crippen LogP contribution in [0.1, 0.15) is 71.1 Å². The van der Waals surface area contributed by atoms with E-state index in [1.165, 1.54) is 32.1 Å². The smallest absolute Gasteiger partial charge is 0.171 e. The molecular weight excluding hydrogens is 340 g/mol. The molecule has 0 rings (SSSR count). The zero-order valence-electron chi connectivity index (χ0n) is 10.7. The van der Waals surface area contributed by atoms with Crippen molar-refractivity contribution in [1.82, 2.24) is 0 Å². The van der Waals surface area contributed by atoms with Crippen molar-refractivity contribution in [2.45, 2.75) is 81.2 Å². The predicted molar refractivity (Wildman–Crippen MR) is 75.7 cm³/mol. The lowest BCUT2D eigenvalue weighted by Crippen LogP contribution is -2.06. The van der Waals surface area contributed by atoms with Gasteiger partial charge in [-0.25, -0.2) is 0 Å². The molecule has 0 aliphatic heterocycles. The quantitative estimate of drug-likeness (QED) is 0.243. The summed E-state index contributed by atoms with van der Waals surface area (Å²) in [5.41, 5.74) is 0. The molecule has 1 atom stereocenters. The van der Waals surface area contributed by atoms with Crippen LogP contribution in [0.25, 0.3) is 0 Å². The van der Waals surface area contributed by atoms with E-state index in [2.05, 4.69) is 29.5 Å². The van der Waals surface area contributed by atoms with Gasteiger partial charge in [-0.2, -0.15) is 13.2 Å². The number of rotatable bonds is 10. The van der Waals surface area contributed by atoms with Crippen LogP contribution in [-0.4, -0.2) is 10.1 Å². The van der Waals surface area contributed by atoms with E-state index >= 15 is 0 Å². The van der Waals surface area contributed by atoms with E-state index in [0.29, 0.717) is 16.8 Å². The summed E-state index contributed by atoms with van der Waals surface area (Å²) in [5.74, 6) is 0. The van der Waals surface area contributed by atoms with Crippen LogP contribution in [0, 0.1) is 0 Å². The third-order valence-electron chi connectivity index (χ3n) is 2.85. The average molecular weight is 364 g/mol. The monoisotopic (exact) mass is 364 g/mol. The van der Waals surface area contributed by atoms with Gasteiger partial charge in [0.15, 0.2) is 0 Å². The number of unbranched alkanes of at least 4 members (excludes halogenated alkanes) is 5. The summed E-state index contributed by atoms with van der Waals surface area (Å²) in [7, 11) is 0. The molecule has 0 bridgehead atoms. The molecule has 0 fully saturated rings. The Labute approximate surface area is 117 Å². The van der Waals surface area contributed by atoms with Gasteiger partial charge in [-0.05, 0) is 19.3 Å². The molecule has 0 N–H and O–H groups in total. The summed E-state index contributed by atoms with van der Waals surface area (Å²) in [6.07, 6.45) is 4.78. The summed E-state index contributed by atoms with van der Waals surface area (Å²) < 4.78 is 36.3. The summed E-state index contributed by atoms with van der Waals surface area (Å²) in [6, 6.07) is 0. The Bertz CT molecular complexity index is 169. The van der Waals surface area contributed by atoms with Crippen LogP contribution >= 0.6 is 22.6 Å². The minimum atomic E-state index is -3.97. The van der Waals surface area contributed by atoms with E-state index in [1.54, 1.807) is 0 Å². The molecule has 4 heteroatoms. The van der Waals surface area contributed by atoms with Gasteiger partial charge in [0, 0.05) is 10.3 Å². The lowest BCUT2D eigenvalue weighted by Gasteiger charge is -2.10. The molecule has 0 aliphatic rings. The summed E-state index contributed by atoms with van der Waals surface area (Å²) in [6.45, 7) is 2.20. The van der Waals surface area contributed by atoms with E-state index in [0.717, 1.165) is 12.8 Å². The van der Waals surface area contributed by atoms with Crippen LogP contribution in [0.4, 0.5) is 13.2 Å². The highest BCUT2D eigenvalue weighted by atomic mass is 127. The maximum absolute atomic E-state index is 11.9. The van der Waals surface area contributed by atoms with Gasteiger partial charge < -0.3 is 0 Å². The second kappa shape index (κ2) is 10.4. The molecular formula is C13H24F3I. The predicted octanol–water partition coefficient (Wildman–Crippen LogP) is 6.27. The van der Waals surface area contributed by atoms with Gasteiger partial charge in [0.25, 0.3) is 0 Å². The fourth-order valence-electron chi connectivity index (χ4n) is 1.80. The van der Waals surface area contributed by atoms with Crippen molar-refractivity contribution in [3.8, 4) is 0 Å². The lowest BCUT2D eigenvalue weighted by atomic mass is 10.1. The van der Waals surface area contributed by atoms with Crippen molar-refractivity contribution >= 4 is 22.6 Å². The third kappa shape index (κ3) is 14.5. The van der Waals surface area contributed by atoms with Gasteiger partial charge in [-0.3, -0.25) is 0 Å². The first-order valence-electron chi connectivity index (χ1n) is 6.66. The first-order chi connectivity index (χ1) is 7.95. The largest absolute Gasteiger partial charge is 0.389 e. The number of alkyl halides is 4. The zero-order chi connectivity index (χ0) is 13.1. The molecule has 17 heavy (non-hydrogen) atoms. The maximum atomic E-state index is 11.9. The SMILES string of the molecule is CCCCCCC(I)CCCCCC(F)(F)F. The molecule has 0 aliphatic carbocycles.